The van der Waals surface area contributed by atoms with E-state index in [1.54, 1.807) is 0 Å². The van der Waals surface area contributed by atoms with Crippen molar-refractivity contribution in [2.45, 2.75) is 46.0 Å². The predicted octanol–water partition coefficient (Wildman–Crippen LogP) is 2.48. The zero-order valence-electron chi connectivity index (χ0n) is 10.5. The molecule has 2 atom stereocenters. The Balaban J connectivity index is 2.03. The van der Waals surface area contributed by atoms with Gasteiger partial charge in [0.15, 0.2) is 0 Å². The van der Waals surface area contributed by atoms with E-state index in [0.29, 0.717) is 0 Å². The molecular weight excluding hydrogens is 184 g/mol. The van der Waals surface area contributed by atoms with Crippen LogP contribution in [-0.4, -0.2) is 31.1 Å². The van der Waals surface area contributed by atoms with Crippen LogP contribution in [0.5, 0.6) is 0 Å². The van der Waals surface area contributed by atoms with Crippen LogP contribution in [0.25, 0.3) is 0 Å². The fourth-order valence-corrected chi connectivity index (χ4v) is 2.58. The van der Waals surface area contributed by atoms with Gasteiger partial charge in [-0.15, -0.1) is 0 Å². The van der Waals surface area contributed by atoms with Crippen LogP contribution in [0.4, 0.5) is 0 Å². The average Bonchev–Trinajstić information content (AvgIpc) is 2.18. The number of nitrogens with two attached hydrogens (primary N) is 1. The van der Waals surface area contributed by atoms with Gasteiger partial charge in [0.1, 0.15) is 0 Å². The van der Waals surface area contributed by atoms with E-state index in [4.69, 9.17) is 5.73 Å². The summed E-state index contributed by atoms with van der Waals surface area (Å²) in [6.07, 6.45) is 6.73. The maximum absolute atomic E-state index is 5.55. The summed E-state index contributed by atoms with van der Waals surface area (Å²) in [4.78, 5) is 2.64. The quantitative estimate of drug-likeness (QED) is 0.733. The van der Waals surface area contributed by atoms with E-state index in [0.717, 1.165) is 18.4 Å². The molecule has 0 aliphatic carbocycles. The van der Waals surface area contributed by atoms with Gasteiger partial charge in [-0.2, -0.15) is 0 Å². The van der Waals surface area contributed by atoms with E-state index >= 15 is 0 Å². The second-order valence-electron chi connectivity index (χ2n) is 5.37. The minimum atomic E-state index is 0.817. The van der Waals surface area contributed by atoms with Gasteiger partial charge < -0.3 is 10.6 Å². The van der Waals surface area contributed by atoms with Crippen molar-refractivity contribution in [2.24, 2.45) is 17.6 Å². The van der Waals surface area contributed by atoms with Gasteiger partial charge in [0, 0.05) is 6.54 Å². The molecule has 0 radical (unpaired) electrons. The van der Waals surface area contributed by atoms with Crippen LogP contribution in [0.1, 0.15) is 46.0 Å². The maximum atomic E-state index is 5.55. The van der Waals surface area contributed by atoms with Gasteiger partial charge in [-0.1, -0.05) is 13.8 Å². The summed E-state index contributed by atoms with van der Waals surface area (Å²) < 4.78 is 0. The van der Waals surface area contributed by atoms with Crippen molar-refractivity contribution >= 4 is 0 Å². The van der Waals surface area contributed by atoms with Gasteiger partial charge in [0.25, 0.3) is 0 Å². The lowest BCUT2D eigenvalue weighted by atomic mass is 9.98. The van der Waals surface area contributed by atoms with Gasteiger partial charge in [-0.05, 0) is 63.6 Å². The normalized spacial score (nSPS) is 25.4. The molecule has 1 aliphatic heterocycles. The van der Waals surface area contributed by atoms with E-state index in [1.807, 2.05) is 0 Å². The first kappa shape index (κ1) is 13.0. The molecule has 1 saturated heterocycles. The second-order valence-corrected chi connectivity index (χ2v) is 5.37. The number of nitrogens with zero attached hydrogens (tertiary/aromatic N) is 1. The molecule has 0 aromatic carbocycles. The largest absolute Gasteiger partial charge is 0.330 e. The lowest BCUT2D eigenvalue weighted by Gasteiger charge is -2.31. The third-order valence-corrected chi connectivity index (χ3v) is 3.57. The van der Waals surface area contributed by atoms with E-state index in [-0.39, 0.29) is 0 Å². The molecule has 0 bridgehead atoms. The van der Waals surface area contributed by atoms with E-state index in [9.17, 15) is 0 Å². The lowest BCUT2D eigenvalue weighted by molar-refractivity contribution is 0.178. The molecule has 2 heteroatoms. The molecule has 90 valence electrons. The van der Waals surface area contributed by atoms with Crippen molar-refractivity contribution in [2.75, 3.05) is 26.2 Å². The highest BCUT2D eigenvalue weighted by Gasteiger charge is 2.15. The van der Waals surface area contributed by atoms with E-state index < -0.39 is 0 Å². The molecule has 2 unspecified atom stereocenters. The van der Waals surface area contributed by atoms with Gasteiger partial charge in [0.05, 0.1) is 0 Å². The van der Waals surface area contributed by atoms with Crippen molar-refractivity contribution < 1.29 is 0 Å². The summed E-state index contributed by atoms with van der Waals surface area (Å²) >= 11 is 0. The lowest BCUT2D eigenvalue weighted by Crippen LogP contribution is -2.35. The summed E-state index contributed by atoms with van der Waals surface area (Å²) in [5.41, 5.74) is 5.55. The van der Waals surface area contributed by atoms with Crippen LogP contribution in [0, 0.1) is 11.8 Å². The van der Waals surface area contributed by atoms with Crippen LogP contribution in [0.2, 0.25) is 0 Å². The first-order valence-corrected chi connectivity index (χ1v) is 6.64. The van der Waals surface area contributed by atoms with Crippen LogP contribution >= 0.6 is 0 Å². The molecule has 0 amide bonds. The molecule has 0 saturated carbocycles. The Kier molecular flexibility index (Phi) is 6.26. The third-order valence-electron chi connectivity index (χ3n) is 3.57. The molecule has 1 fully saturated rings. The zero-order chi connectivity index (χ0) is 11.1. The second kappa shape index (κ2) is 7.24. The molecule has 1 aliphatic rings. The van der Waals surface area contributed by atoms with Crippen LogP contribution in [-0.2, 0) is 0 Å². The minimum Gasteiger partial charge on any atom is -0.330 e. The summed E-state index contributed by atoms with van der Waals surface area (Å²) in [7, 11) is 0. The standard InChI is InChI=1S/C13H28N2/c1-12(7-8-14)5-3-9-15-10-4-6-13(2)11-15/h12-13H,3-11,14H2,1-2H3. The average molecular weight is 212 g/mol. The molecule has 1 heterocycles. The van der Waals surface area contributed by atoms with Crippen molar-refractivity contribution in [3.8, 4) is 0 Å². The number of hydrogen-bond acceptors (Lipinski definition) is 2. The Morgan fingerprint density at radius 2 is 2.20 bits per heavy atom. The molecule has 15 heavy (non-hydrogen) atoms. The third kappa shape index (κ3) is 5.53. The predicted molar refractivity (Wildman–Crippen MR) is 66.9 cm³/mol. The van der Waals surface area contributed by atoms with Crippen molar-refractivity contribution in [3.63, 3.8) is 0 Å². The number of hydrogen-bond donors (Lipinski definition) is 1. The highest BCUT2D eigenvalue weighted by Crippen LogP contribution is 2.17. The monoisotopic (exact) mass is 212 g/mol. The van der Waals surface area contributed by atoms with Crippen LogP contribution in [0.3, 0.4) is 0 Å². The first-order chi connectivity index (χ1) is 7.22. The molecule has 2 nitrogen and oxygen atoms in total. The minimum absolute atomic E-state index is 0.817. The van der Waals surface area contributed by atoms with Gasteiger partial charge >= 0.3 is 0 Å². The number of likely N-dealkylation sites (tertiary alicyclic amines) is 1. The molecule has 2 N–H and O–H groups in total. The number of piperidine rings is 1. The Labute approximate surface area is 95.2 Å². The first-order valence-electron chi connectivity index (χ1n) is 6.64. The molecule has 1 rings (SSSR count). The Morgan fingerprint density at radius 1 is 1.40 bits per heavy atom. The highest BCUT2D eigenvalue weighted by atomic mass is 15.1. The Morgan fingerprint density at radius 3 is 2.87 bits per heavy atom. The van der Waals surface area contributed by atoms with E-state index in [1.165, 1.54) is 51.7 Å². The topological polar surface area (TPSA) is 29.3 Å². The summed E-state index contributed by atoms with van der Waals surface area (Å²) in [6, 6.07) is 0. The van der Waals surface area contributed by atoms with Crippen molar-refractivity contribution in [1.82, 2.24) is 4.90 Å². The molecular formula is C13H28N2. The van der Waals surface area contributed by atoms with E-state index in [2.05, 4.69) is 18.7 Å². The summed E-state index contributed by atoms with van der Waals surface area (Å²) in [6.45, 7) is 9.51. The van der Waals surface area contributed by atoms with Gasteiger partial charge in [-0.25, -0.2) is 0 Å². The summed E-state index contributed by atoms with van der Waals surface area (Å²) in [5, 5.41) is 0. The van der Waals surface area contributed by atoms with Crippen molar-refractivity contribution in [3.05, 3.63) is 0 Å². The molecule has 0 aromatic rings. The fraction of sp³-hybridized carbons (Fsp3) is 1.00. The fourth-order valence-electron chi connectivity index (χ4n) is 2.58. The Bertz CT molecular complexity index is 159. The zero-order valence-corrected chi connectivity index (χ0v) is 10.5. The van der Waals surface area contributed by atoms with Crippen LogP contribution in [0.15, 0.2) is 0 Å². The molecule has 0 spiro atoms. The Hall–Kier alpha value is -0.0800. The van der Waals surface area contributed by atoms with Crippen LogP contribution < -0.4 is 5.73 Å². The maximum Gasteiger partial charge on any atom is 0.000703 e. The van der Waals surface area contributed by atoms with Crippen molar-refractivity contribution in [1.29, 1.82) is 0 Å². The smallest absolute Gasteiger partial charge is 0.000703 e. The SMILES string of the molecule is CC(CCN)CCCN1CCCC(C)C1. The summed E-state index contributed by atoms with van der Waals surface area (Å²) in [5.74, 6) is 1.73. The van der Waals surface area contributed by atoms with Gasteiger partial charge in [0.2, 0.25) is 0 Å². The molecule has 0 aromatic heterocycles. The van der Waals surface area contributed by atoms with Gasteiger partial charge in [-0.3, -0.25) is 0 Å². The number of rotatable bonds is 6. The highest BCUT2D eigenvalue weighted by molar-refractivity contribution is 4.70.